The van der Waals surface area contributed by atoms with Gasteiger partial charge in [0.25, 0.3) is 5.91 Å². The Bertz CT molecular complexity index is 582. The summed E-state index contributed by atoms with van der Waals surface area (Å²) in [5.41, 5.74) is 2.65. The zero-order valence-corrected chi connectivity index (χ0v) is 13.1. The monoisotopic (exact) mass is 298 g/mol. The molecule has 4 heteroatoms. The molecular formula is C18H22N2O2. The molecule has 1 amide bonds. The Hall–Kier alpha value is -2.20. The van der Waals surface area contributed by atoms with E-state index in [4.69, 9.17) is 4.74 Å². The number of hydrogen-bond donors (Lipinski definition) is 1. The lowest BCUT2D eigenvalue weighted by atomic mass is 10.1. The molecule has 0 spiro atoms. The number of nitrogens with zero attached hydrogens (tertiary/aromatic N) is 1. The molecule has 1 aromatic carbocycles. The molecule has 0 radical (unpaired) electrons. The van der Waals surface area contributed by atoms with Crippen LogP contribution in [-0.2, 0) is 4.74 Å². The second kappa shape index (κ2) is 8.29. The van der Waals surface area contributed by atoms with Crippen LogP contribution in [0.1, 0.15) is 41.1 Å². The minimum absolute atomic E-state index is 0.0678. The van der Waals surface area contributed by atoms with Crippen molar-refractivity contribution in [3.8, 4) is 0 Å². The van der Waals surface area contributed by atoms with Gasteiger partial charge in [-0.25, -0.2) is 0 Å². The Labute approximate surface area is 131 Å². The van der Waals surface area contributed by atoms with E-state index >= 15 is 0 Å². The molecule has 0 aliphatic heterocycles. The number of ether oxygens (including phenoxy) is 1. The number of aromatic nitrogens is 1. The van der Waals surface area contributed by atoms with Crippen molar-refractivity contribution in [3.63, 3.8) is 0 Å². The van der Waals surface area contributed by atoms with Crippen molar-refractivity contribution in [1.82, 2.24) is 10.3 Å². The number of aryl methyl sites for hydroxylation is 1. The predicted octanol–water partition coefficient (Wildman–Crippen LogP) is 3.29. The van der Waals surface area contributed by atoms with Crippen LogP contribution in [0.15, 0.2) is 48.7 Å². The first-order chi connectivity index (χ1) is 10.7. The second-order valence-electron chi connectivity index (χ2n) is 5.22. The SMILES string of the molecule is Cc1ccc(C(=O)NCCCOC(C)c2ccccc2)cn1. The molecule has 0 saturated carbocycles. The first kappa shape index (κ1) is 16.2. The van der Waals surface area contributed by atoms with Gasteiger partial charge >= 0.3 is 0 Å². The topological polar surface area (TPSA) is 51.2 Å². The smallest absolute Gasteiger partial charge is 0.252 e. The molecule has 1 N–H and O–H groups in total. The lowest BCUT2D eigenvalue weighted by molar-refractivity contribution is 0.0635. The summed E-state index contributed by atoms with van der Waals surface area (Å²) in [4.78, 5) is 16.0. The van der Waals surface area contributed by atoms with Crippen LogP contribution < -0.4 is 5.32 Å². The lowest BCUT2D eigenvalue weighted by Crippen LogP contribution is -2.25. The van der Waals surface area contributed by atoms with Gasteiger partial charge in [0.05, 0.1) is 11.7 Å². The Morgan fingerprint density at radius 3 is 2.68 bits per heavy atom. The fourth-order valence-electron chi connectivity index (χ4n) is 2.06. The van der Waals surface area contributed by atoms with E-state index in [-0.39, 0.29) is 12.0 Å². The van der Waals surface area contributed by atoms with E-state index < -0.39 is 0 Å². The highest BCUT2D eigenvalue weighted by atomic mass is 16.5. The van der Waals surface area contributed by atoms with Crippen LogP contribution in [0.2, 0.25) is 0 Å². The number of rotatable bonds is 7. The average Bonchev–Trinajstić information content (AvgIpc) is 2.55. The van der Waals surface area contributed by atoms with Gasteiger partial charge in [0.2, 0.25) is 0 Å². The molecule has 0 aliphatic rings. The Kier molecular flexibility index (Phi) is 6.10. The summed E-state index contributed by atoms with van der Waals surface area (Å²) in [5.74, 6) is -0.0939. The van der Waals surface area contributed by atoms with Crippen LogP contribution in [-0.4, -0.2) is 24.0 Å². The standard InChI is InChI=1S/C18H22N2O2/c1-14-9-10-17(13-20-14)18(21)19-11-6-12-22-15(2)16-7-4-3-5-8-16/h3-5,7-10,13,15H,6,11-12H2,1-2H3,(H,19,21). The third-order valence-electron chi connectivity index (χ3n) is 3.42. The second-order valence-corrected chi connectivity index (χ2v) is 5.22. The Morgan fingerprint density at radius 2 is 2.00 bits per heavy atom. The molecule has 0 saturated heterocycles. The first-order valence-corrected chi connectivity index (χ1v) is 7.54. The summed E-state index contributed by atoms with van der Waals surface area (Å²) in [6.07, 6.45) is 2.44. The van der Waals surface area contributed by atoms with Crippen LogP contribution in [0.25, 0.3) is 0 Å². The zero-order chi connectivity index (χ0) is 15.8. The number of pyridine rings is 1. The highest BCUT2D eigenvalue weighted by Gasteiger charge is 2.06. The molecule has 2 aromatic rings. The van der Waals surface area contributed by atoms with E-state index in [2.05, 4.69) is 22.4 Å². The number of carbonyl (C=O) groups excluding carboxylic acids is 1. The van der Waals surface area contributed by atoms with Crippen molar-refractivity contribution in [2.75, 3.05) is 13.2 Å². The fraction of sp³-hybridized carbons (Fsp3) is 0.333. The fourth-order valence-corrected chi connectivity index (χ4v) is 2.06. The maximum absolute atomic E-state index is 11.9. The van der Waals surface area contributed by atoms with Crippen molar-refractivity contribution < 1.29 is 9.53 Å². The van der Waals surface area contributed by atoms with Crippen LogP contribution >= 0.6 is 0 Å². The minimum atomic E-state index is -0.0939. The first-order valence-electron chi connectivity index (χ1n) is 7.54. The van der Waals surface area contributed by atoms with Crippen LogP contribution in [0.3, 0.4) is 0 Å². The highest BCUT2D eigenvalue weighted by Crippen LogP contribution is 2.15. The largest absolute Gasteiger partial charge is 0.374 e. The molecule has 1 aromatic heterocycles. The van der Waals surface area contributed by atoms with Crippen molar-refractivity contribution in [2.24, 2.45) is 0 Å². The maximum atomic E-state index is 11.9. The summed E-state index contributed by atoms with van der Waals surface area (Å²) in [5, 5.41) is 2.87. The van der Waals surface area contributed by atoms with Gasteiger partial charge in [-0.2, -0.15) is 0 Å². The van der Waals surface area contributed by atoms with Crippen LogP contribution in [0.4, 0.5) is 0 Å². The molecule has 0 fully saturated rings. The number of nitrogens with one attached hydrogen (secondary N) is 1. The Morgan fingerprint density at radius 1 is 1.23 bits per heavy atom. The third-order valence-corrected chi connectivity index (χ3v) is 3.42. The molecule has 1 heterocycles. The van der Waals surface area contributed by atoms with E-state index in [0.29, 0.717) is 18.7 Å². The van der Waals surface area contributed by atoms with Crippen molar-refractivity contribution in [3.05, 3.63) is 65.5 Å². The van der Waals surface area contributed by atoms with E-state index in [9.17, 15) is 4.79 Å². The molecule has 0 aliphatic carbocycles. The number of amides is 1. The predicted molar refractivity (Wildman–Crippen MR) is 86.7 cm³/mol. The minimum Gasteiger partial charge on any atom is -0.374 e. The lowest BCUT2D eigenvalue weighted by Gasteiger charge is -2.13. The molecule has 0 bridgehead atoms. The van der Waals surface area contributed by atoms with Gasteiger partial charge in [-0.3, -0.25) is 9.78 Å². The summed E-state index contributed by atoms with van der Waals surface area (Å²) in [7, 11) is 0. The molecular weight excluding hydrogens is 276 g/mol. The van der Waals surface area contributed by atoms with Gasteiger partial charge in [0.1, 0.15) is 0 Å². The van der Waals surface area contributed by atoms with Crippen molar-refractivity contribution in [2.45, 2.75) is 26.4 Å². The summed E-state index contributed by atoms with van der Waals surface area (Å²) >= 11 is 0. The summed E-state index contributed by atoms with van der Waals surface area (Å²) in [6, 6.07) is 13.7. The Balaban J connectivity index is 1.65. The third kappa shape index (κ3) is 4.97. The molecule has 4 nitrogen and oxygen atoms in total. The normalized spacial score (nSPS) is 11.9. The average molecular weight is 298 g/mol. The zero-order valence-electron chi connectivity index (χ0n) is 13.1. The van der Waals surface area contributed by atoms with Gasteiger partial charge in [-0.1, -0.05) is 30.3 Å². The molecule has 22 heavy (non-hydrogen) atoms. The molecule has 1 unspecified atom stereocenters. The van der Waals surface area contributed by atoms with Crippen molar-refractivity contribution in [1.29, 1.82) is 0 Å². The van der Waals surface area contributed by atoms with E-state index in [1.54, 1.807) is 12.3 Å². The quantitative estimate of drug-likeness (QED) is 0.798. The van der Waals surface area contributed by atoms with E-state index in [1.807, 2.05) is 38.1 Å². The highest BCUT2D eigenvalue weighted by molar-refractivity contribution is 5.93. The molecule has 1 atom stereocenters. The molecule has 116 valence electrons. The van der Waals surface area contributed by atoms with Gasteiger partial charge in [0, 0.05) is 25.0 Å². The number of benzene rings is 1. The summed E-state index contributed by atoms with van der Waals surface area (Å²) in [6.45, 7) is 5.13. The number of carbonyl (C=O) groups is 1. The van der Waals surface area contributed by atoms with Crippen LogP contribution in [0.5, 0.6) is 0 Å². The van der Waals surface area contributed by atoms with Crippen LogP contribution in [0, 0.1) is 6.92 Å². The van der Waals surface area contributed by atoms with Crippen molar-refractivity contribution >= 4 is 5.91 Å². The summed E-state index contributed by atoms with van der Waals surface area (Å²) < 4.78 is 5.77. The maximum Gasteiger partial charge on any atom is 0.252 e. The van der Waals surface area contributed by atoms with Gasteiger partial charge in [-0.15, -0.1) is 0 Å². The number of hydrogen-bond acceptors (Lipinski definition) is 3. The molecule has 2 rings (SSSR count). The van der Waals surface area contributed by atoms with Gasteiger partial charge in [-0.05, 0) is 38.0 Å². The van der Waals surface area contributed by atoms with E-state index in [0.717, 1.165) is 17.7 Å². The van der Waals surface area contributed by atoms with Gasteiger partial charge < -0.3 is 10.1 Å². The van der Waals surface area contributed by atoms with E-state index in [1.165, 1.54) is 0 Å². The van der Waals surface area contributed by atoms with Gasteiger partial charge in [0.15, 0.2) is 0 Å².